The minimum absolute atomic E-state index is 0.0612. The van der Waals surface area contributed by atoms with Gasteiger partial charge in [-0.15, -0.1) is 0 Å². The first kappa shape index (κ1) is 19.9. The first-order chi connectivity index (χ1) is 12.0. The first-order valence-electron chi connectivity index (χ1n) is 8.31. The number of anilines is 1. The molecule has 0 saturated carbocycles. The minimum Gasteiger partial charge on any atom is -0.506 e. The van der Waals surface area contributed by atoms with Gasteiger partial charge in [-0.25, -0.2) is 9.03 Å². The summed E-state index contributed by atoms with van der Waals surface area (Å²) in [7, 11) is -3.96. The van der Waals surface area contributed by atoms with Gasteiger partial charge in [0.2, 0.25) is 5.88 Å². The molecule has 4 N–H and O–H groups in total. The number of hydrogen-bond donors (Lipinski definition) is 4. The van der Waals surface area contributed by atoms with E-state index in [2.05, 4.69) is 0 Å². The largest absolute Gasteiger partial charge is 0.506 e. The maximum Gasteiger partial charge on any atom is 0.330 e. The van der Waals surface area contributed by atoms with Crippen LogP contribution < -0.4 is 9.03 Å². The van der Waals surface area contributed by atoms with Crippen LogP contribution in [0.15, 0.2) is 30.3 Å². The van der Waals surface area contributed by atoms with E-state index in [1.54, 1.807) is 26.0 Å². The zero-order valence-electron chi connectivity index (χ0n) is 14.8. The lowest BCUT2D eigenvalue weighted by Gasteiger charge is -2.18. The number of nitrogens with one attached hydrogen (secondary N) is 1. The van der Waals surface area contributed by atoms with Crippen LogP contribution in [0, 0.1) is 5.41 Å². The van der Waals surface area contributed by atoms with Crippen molar-refractivity contribution in [3.63, 3.8) is 0 Å². The molecule has 0 unspecified atom stereocenters. The molecule has 1 heterocycles. The normalized spacial score (nSPS) is 16.2. The number of aliphatic carboxylic acids is 1. The topological polar surface area (TPSA) is 127 Å². The summed E-state index contributed by atoms with van der Waals surface area (Å²) in [4.78, 5) is 11.1. The lowest BCUT2D eigenvalue weighted by atomic mass is 9.87. The number of unbranched alkanes of at least 4 members (excludes halogenated alkanes) is 2. The Hall–Kier alpha value is -2.42. The van der Waals surface area contributed by atoms with Crippen LogP contribution in [0.4, 0.5) is 5.69 Å². The van der Waals surface area contributed by atoms with Crippen LogP contribution in [-0.2, 0) is 21.4 Å². The van der Waals surface area contributed by atoms with Crippen molar-refractivity contribution in [1.29, 1.82) is 0 Å². The van der Waals surface area contributed by atoms with Crippen molar-refractivity contribution in [2.45, 2.75) is 46.0 Å². The molecule has 2 rings (SSSR count). The summed E-state index contributed by atoms with van der Waals surface area (Å²) >= 11 is 0. The van der Waals surface area contributed by atoms with Gasteiger partial charge in [0.1, 0.15) is 11.4 Å². The smallest absolute Gasteiger partial charge is 0.330 e. The first-order valence-corrected chi connectivity index (χ1v) is 9.75. The number of phenols is 1. The highest BCUT2D eigenvalue weighted by Crippen LogP contribution is 2.33. The zero-order valence-corrected chi connectivity index (χ0v) is 15.6. The van der Waals surface area contributed by atoms with E-state index in [4.69, 9.17) is 5.11 Å². The maximum absolute atomic E-state index is 11.9. The van der Waals surface area contributed by atoms with Crippen molar-refractivity contribution in [3.05, 3.63) is 35.8 Å². The van der Waals surface area contributed by atoms with Gasteiger partial charge in [-0.1, -0.05) is 18.9 Å². The van der Waals surface area contributed by atoms with Crippen LogP contribution >= 0.6 is 0 Å². The summed E-state index contributed by atoms with van der Waals surface area (Å²) in [5.74, 6) is -1.54. The number of rotatable bonds is 8. The Bertz CT molecular complexity index is 817. The zero-order chi connectivity index (χ0) is 19.5. The van der Waals surface area contributed by atoms with Gasteiger partial charge in [0, 0.05) is 0 Å². The summed E-state index contributed by atoms with van der Waals surface area (Å²) in [5, 5.41) is 28.4. The van der Waals surface area contributed by atoms with Crippen LogP contribution in [0.25, 0.3) is 0 Å². The molecule has 0 amide bonds. The fourth-order valence-electron chi connectivity index (χ4n) is 2.67. The Morgan fingerprint density at radius 2 is 1.88 bits per heavy atom. The number of aryl methyl sites for hydroxylation is 1. The summed E-state index contributed by atoms with van der Waals surface area (Å²) in [6.07, 6.45) is 4.68. The van der Waals surface area contributed by atoms with E-state index in [-0.39, 0.29) is 11.4 Å². The van der Waals surface area contributed by atoms with Crippen molar-refractivity contribution >= 4 is 21.9 Å². The highest BCUT2D eigenvalue weighted by molar-refractivity contribution is 7.91. The second kappa shape index (κ2) is 7.45. The molecule has 0 saturated heterocycles. The predicted octanol–water partition coefficient (Wildman–Crippen LogP) is 2.62. The summed E-state index contributed by atoms with van der Waals surface area (Å²) in [6.45, 7) is 3.41. The standard InChI is InChI=1S/C17H24N2O6S/c1-17(2,16(22)23)9-5-3-4-6-12-7-8-14(20)13(10-12)19-11-15(21)18-26(19,24)25/h7-8,10-11,18,20-21H,3-6,9H2,1-2H3,(H,22,23). The fourth-order valence-corrected chi connectivity index (χ4v) is 3.73. The Labute approximate surface area is 153 Å². The third-order valence-corrected chi connectivity index (χ3v) is 5.64. The Balaban J connectivity index is 1.97. The Morgan fingerprint density at radius 1 is 1.19 bits per heavy atom. The van der Waals surface area contributed by atoms with Gasteiger partial charge in [0.15, 0.2) is 0 Å². The third kappa shape index (κ3) is 4.60. The quantitative estimate of drug-likeness (QED) is 0.510. The second-order valence-electron chi connectivity index (χ2n) is 6.99. The fraction of sp³-hybridized carbons (Fsp3) is 0.471. The molecule has 1 aromatic carbocycles. The number of carboxylic acid groups (broad SMARTS) is 1. The average molecular weight is 384 g/mol. The molecule has 9 heteroatoms. The molecule has 1 aromatic rings. The van der Waals surface area contributed by atoms with Crippen molar-refractivity contribution in [3.8, 4) is 5.75 Å². The monoisotopic (exact) mass is 384 g/mol. The molecule has 0 bridgehead atoms. The lowest BCUT2D eigenvalue weighted by Crippen LogP contribution is -2.29. The molecule has 0 atom stereocenters. The molecule has 0 aromatic heterocycles. The van der Waals surface area contributed by atoms with Gasteiger partial charge in [-0.05, 0) is 50.8 Å². The molecule has 1 aliphatic rings. The van der Waals surface area contributed by atoms with Crippen molar-refractivity contribution in [2.75, 3.05) is 4.31 Å². The minimum atomic E-state index is -3.96. The van der Waals surface area contributed by atoms with E-state index in [0.717, 1.165) is 35.3 Å². The number of nitrogens with zero attached hydrogens (tertiary/aromatic N) is 1. The number of benzene rings is 1. The van der Waals surface area contributed by atoms with Crippen LogP contribution in [0.2, 0.25) is 0 Å². The molecular weight excluding hydrogens is 360 g/mol. The highest BCUT2D eigenvalue weighted by Gasteiger charge is 2.30. The summed E-state index contributed by atoms with van der Waals surface area (Å²) < 4.78 is 26.6. The van der Waals surface area contributed by atoms with E-state index in [9.17, 15) is 23.4 Å². The molecule has 0 radical (unpaired) electrons. The van der Waals surface area contributed by atoms with Crippen LogP contribution in [0.3, 0.4) is 0 Å². The van der Waals surface area contributed by atoms with Gasteiger partial charge in [-0.2, -0.15) is 8.42 Å². The van der Waals surface area contributed by atoms with Crippen molar-refractivity contribution in [1.82, 2.24) is 4.72 Å². The van der Waals surface area contributed by atoms with Crippen LogP contribution in [0.1, 0.15) is 45.1 Å². The number of aromatic hydroxyl groups is 1. The molecular formula is C17H24N2O6S. The number of hydrogen-bond acceptors (Lipinski definition) is 5. The van der Waals surface area contributed by atoms with Gasteiger partial charge < -0.3 is 15.3 Å². The molecule has 8 nitrogen and oxygen atoms in total. The van der Waals surface area contributed by atoms with Gasteiger partial charge >= 0.3 is 16.2 Å². The second-order valence-corrected chi connectivity index (χ2v) is 8.54. The predicted molar refractivity (Wildman–Crippen MR) is 96.9 cm³/mol. The van der Waals surface area contributed by atoms with Crippen LogP contribution in [0.5, 0.6) is 5.75 Å². The average Bonchev–Trinajstić information content (AvgIpc) is 2.80. The molecule has 144 valence electrons. The van der Waals surface area contributed by atoms with Gasteiger partial charge in [-0.3, -0.25) is 4.79 Å². The summed E-state index contributed by atoms with van der Waals surface area (Å²) in [5.41, 5.74) is 0.160. The number of aliphatic hydroxyl groups excluding tert-OH is 1. The van der Waals surface area contributed by atoms with Gasteiger partial charge in [0.25, 0.3) is 0 Å². The Morgan fingerprint density at radius 3 is 2.46 bits per heavy atom. The van der Waals surface area contributed by atoms with Crippen LogP contribution in [-0.4, -0.2) is 29.7 Å². The highest BCUT2D eigenvalue weighted by atomic mass is 32.2. The Kier molecular flexibility index (Phi) is 5.70. The maximum atomic E-state index is 11.9. The molecule has 0 aliphatic carbocycles. The van der Waals surface area contributed by atoms with Crippen molar-refractivity contribution in [2.24, 2.45) is 5.41 Å². The SMILES string of the molecule is CC(C)(CCCCCc1ccc(O)c(N2C=C(O)NS2(=O)=O)c1)C(=O)O. The lowest BCUT2D eigenvalue weighted by molar-refractivity contribution is -0.147. The van der Waals surface area contributed by atoms with Gasteiger partial charge in [0.05, 0.1) is 11.6 Å². The van der Waals surface area contributed by atoms with E-state index >= 15 is 0 Å². The molecule has 1 aliphatic heterocycles. The van der Waals surface area contributed by atoms with E-state index in [0.29, 0.717) is 12.8 Å². The summed E-state index contributed by atoms with van der Waals surface area (Å²) in [6, 6.07) is 4.68. The molecule has 26 heavy (non-hydrogen) atoms. The van der Waals surface area contributed by atoms with E-state index in [1.165, 1.54) is 6.07 Å². The molecule has 0 spiro atoms. The number of carbonyl (C=O) groups is 1. The van der Waals surface area contributed by atoms with E-state index in [1.807, 2.05) is 4.72 Å². The van der Waals surface area contributed by atoms with Crippen molar-refractivity contribution < 1.29 is 28.5 Å². The molecule has 0 fully saturated rings. The number of phenolic OH excluding ortho intramolecular Hbond substituents is 1. The number of aliphatic hydroxyl groups is 1. The van der Waals surface area contributed by atoms with E-state index < -0.39 is 27.5 Å². The third-order valence-electron chi connectivity index (χ3n) is 4.36. The number of carboxylic acids is 1.